The van der Waals surface area contributed by atoms with Crippen LogP contribution >= 0.6 is 0 Å². The maximum absolute atomic E-state index is 13.4. The molecular weight excluding hydrogens is 410 g/mol. The van der Waals surface area contributed by atoms with Gasteiger partial charge in [0.1, 0.15) is 5.75 Å². The van der Waals surface area contributed by atoms with Gasteiger partial charge in [-0.15, -0.1) is 0 Å². The number of hydrogen-bond donors (Lipinski definition) is 0. The Kier molecular flexibility index (Phi) is 6.70. The molecule has 3 aliphatic rings. The molecule has 5 rings (SSSR count). The molecule has 0 aromatic heterocycles. The number of carbonyl (C=O) groups is 1. The molecule has 4 atom stereocenters. The molecule has 33 heavy (non-hydrogen) atoms. The molecular formula is C28H37N3O2. The molecule has 0 N–H and O–H groups in total. The van der Waals surface area contributed by atoms with Gasteiger partial charge in [-0.2, -0.15) is 0 Å². The number of rotatable bonds is 6. The fourth-order valence-electron chi connectivity index (χ4n) is 6.32. The van der Waals surface area contributed by atoms with Crippen LogP contribution in [0.4, 0.5) is 0 Å². The zero-order valence-electron chi connectivity index (χ0n) is 20.0. The summed E-state index contributed by atoms with van der Waals surface area (Å²) >= 11 is 0. The van der Waals surface area contributed by atoms with E-state index in [1.54, 1.807) is 7.11 Å². The maximum Gasteiger partial charge on any atom is 0.239 e. The third-order valence-electron chi connectivity index (χ3n) is 8.15. The van der Waals surface area contributed by atoms with Gasteiger partial charge in [0.25, 0.3) is 0 Å². The first kappa shape index (κ1) is 22.4. The second-order valence-electron chi connectivity index (χ2n) is 10.0. The van der Waals surface area contributed by atoms with E-state index in [0.717, 1.165) is 51.4 Å². The number of methoxy groups -OCH3 is 1. The first-order chi connectivity index (χ1) is 16.1. The molecule has 1 unspecified atom stereocenters. The Bertz CT molecular complexity index is 943. The van der Waals surface area contributed by atoms with Crippen LogP contribution < -0.4 is 4.74 Å². The minimum atomic E-state index is 0.00106. The average Bonchev–Trinajstić information content (AvgIpc) is 3.52. The molecule has 3 heterocycles. The van der Waals surface area contributed by atoms with Crippen LogP contribution in [-0.2, 0) is 11.3 Å². The quantitative estimate of drug-likeness (QED) is 0.671. The highest BCUT2D eigenvalue weighted by atomic mass is 16.5. The number of likely N-dealkylation sites (tertiary alicyclic amines) is 3. The van der Waals surface area contributed by atoms with Crippen molar-refractivity contribution in [3.63, 3.8) is 0 Å². The van der Waals surface area contributed by atoms with Crippen molar-refractivity contribution in [3.05, 3.63) is 65.7 Å². The Balaban J connectivity index is 1.37. The topological polar surface area (TPSA) is 36.0 Å². The standard InChI is InChI=1S/C28H37N3O2/c1-21(29-14-6-7-15-29)28(32)30-16-13-27-26(20-30)25(23-11-8-12-24(17-23)33-2)19-31(27)18-22-9-4-3-5-10-22/h3-5,8-12,17,21,25-27H,6-7,13-16,18-20H2,1-2H3/t21?,25-,26-,27-/m1/s1. The van der Waals surface area contributed by atoms with Crippen molar-refractivity contribution in [2.24, 2.45) is 5.92 Å². The van der Waals surface area contributed by atoms with E-state index in [1.165, 1.54) is 24.0 Å². The number of piperidine rings is 1. The van der Waals surface area contributed by atoms with Crippen molar-refractivity contribution in [1.29, 1.82) is 0 Å². The van der Waals surface area contributed by atoms with E-state index in [1.807, 2.05) is 6.07 Å². The Morgan fingerprint density at radius 1 is 1.03 bits per heavy atom. The van der Waals surface area contributed by atoms with Crippen LogP contribution in [0.25, 0.3) is 0 Å². The fourth-order valence-corrected chi connectivity index (χ4v) is 6.32. The highest BCUT2D eigenvalue weighted by Gasteiger charge is 2.46. The van der Waals surface area contributed by atoms with Gasteiger partial charge in [-0.3, -0.25) is 14.6 Å². The predicted octanol–water partition coefficient (Wildman–Crippen LogP) is 4.00. The van der Waals surface area contributed by atoms with E-state index in [0.29, 0.717) is 23.8 Å². The predicted molar refractivity (Wildman–Crippen MR) is 131 cm³/mol. The molecule has 0 radical (unpaired) electrons. The van der Waals surface area contributed by atoms with E-state index in [9.17, 15) is 4.79 Å². The van der Waals surface area contributed by atoms with Gasteiger partial charge >= 0.3 is 0 Å². The van der Waals surface area contributed by atoms with E-state index in [-0.39, 0.29) is 6.04 Å². The smallest absolute Gasteiger partial charge is 0.239 e. The molecule has 5 nitrogen and oxygen atoms in total. The van der Waals surface area contributed by atoms with Crippen molar-refractivity contribution < 1.29 is 9.53 Å². The van der Waals surface area contributed by atoms with Gasteiger partial charge in [0, 0.05) is 44.1 Å². The van der Waals surface area contributed by atoms with E-state index in [4.69, 9.17) is 4.74 Å². The number of ether oxygens (including phenoxy) is 1. The second-order valence-corrected chi connectivity index (χ2v) is 10.0. The second kappa shape index (κ2) is 9.86. The summed E-state index contributed by atoms with van der Waals surface area (Å²) in [6, 6.07) is 19.9. The number of benzene rings is 2. The van der Waals surface area contributed by atoms with Crippen LogP contribution in [0.5, 0.6) is 5.75 Å². The molecule has 3 fully saturated rings. The molecule has 3 saturated heterocycles. The minimum Gasteiger partial charge on any atom is -0.497 e. The van der Waals surface area contributed by atoms with Gasteiger partial charge in [-0.25, -0.2) is 0 Å². The Hall–Kier alpha value is -2.37. The van der Waals surface area contributed by atoms with Crippen LogP contribution in [0.15, 0.2) is 54.6 Å². The molecule has 0 saturated carbocycles. The largest absolute Gasteiger partial charge is 0.497 e. The third kappa shape index (κ3) is 4.67. The van der Waals surface area contributed by atoms with Gasteiger partial charge in [-0.05, 0) is 62.5 Å². The summed E-state index contributed by atoms with van der Waals surface area (Å²) in [6.07, 6.45) is 3.49. The summed E-state index contributed by atoms with van der Waals surface area (Å²) < 4.78 is 5.54. The molecule has 3 aliphatic heterocycles. The van der Waals surface area contributed by atoms with Gasteiger partial charge < -0.3 is 9.64 Å². The number of hydrogen-bond acceptors (Lipinski definition) is 4. The molecule has 0 spiro atoms. The van der Waals surface area contributed by atoms with Crippen molar-refractivity contribution >= 4 is 5.91 Å². The van der Waals surface area contributed by atoms with Gasteiger partial charge in [0.2, 0.25) is 5.91 Å². The summed E-state index contributed by atoms with van der Waals surface area (Å²) in [5.41, 5.74) is 2.70. The zero-order valence-corrected chi connectivity index (χ0v) is 20.0. The molecule has 2 aromatic carbocycles. The lowest BCUT2D eigenvalue weighted by Crippen LogP contribution is -2.53. The number of amides is 1. The summed E-state index contributed by atoms with van der Waals surface area (Å²) in [7, 11) is 1.74. The van der Waals surface area contributed by atoms with Crippen LogP contribution in [0.2, 0.25) is 0 Å². The molecule has 176 valence electrons. The lowest BCUT2D eigenvalue weighted by atomic mass is 9.81. The number of carbonyl (C=O) groups excluding carboxylic acids is 1. The van der Waals surface area contributed by atoms with Gasteiger partial charge in [-0.1, -0.05) is 42.5 Å². The molecule has 2 aromatic rings. The molecule has 1 amide bonds. The van der Waals surface area contributed by atoms with Gasteiger partial charge in [0.15, 0.2) is 0 Å². The molecule has 5 heteroatoms. The molecule has 0 bridgehead atoms. The maximum atomic E-state index is 13.4. The highest BCUT2D eigenvalue weighted by Crippen LogP contribution is 2.43. The zero-order chi connectivity index (χ0) is 22.8. The van der Waals surface area contributed by atoms with Crippen molar-refractivity contribution in [1.82, 2.24) is 14.7 Å². The van der Waals surface area contributed by atoms with Crippen LogP contribution in [0, 0.1) is 5.92 Å². The summed E-state index contributed by atoms with van der Waals surface area (Å²) in [5.74, 6) is 2.09. The highest BCUT2D eigenvalue weighted by molar-refractivity contribution is 5.81. The minimum absolute atomic E-state index is 0.00106. The van der Waals surface area contributed by atoms with Crippen LogP contribution in [0.3, 0.4) is 0 Å². The normalized spacial score (nSPS) is 26.8. The lowest BCUT2D eigenvalue weighted by molar-refractivity contribution is -0.138. The summed E-state index contributed by atoms with van der Waals surface area (Å²) in [4.78, 5) is 20.6. The Morgan fingerprint density at radius 3 is 2.58 bits per heavy atom. The van der Waals surface area contributed by atoms with Crippen molar-refractivity contribution in [2.75, 3.05) is 39.8 Å². The summed E-state index contributed by atoms with van der Waals surface area (Å²) in [5, 5.41) is 0. The fraction of sp³-hybridized carbons (Fsp3) is 0.536. The first-order valence-electron chi connectivity index (χ1n) is 12.6. The van der Waals surface area contributed by atoms with E-state index < -0.39 is 0 Å². The lowest BCUT2D eigenvalue weighted by Gasteiger charge is -2.41. The van der Waals surface area contributed by atoms with Crippen molar-refractivity contribution in [2.45, 2.75) is 50.7 Å². The molecule has 0 aliphatic carbocycles. The number of nitrogens with zero attached hydrogens (tertiary/aromatic N) is 3. The van der Waals surface area contributed by atoms with Crippen molar-refractivity contribution in [3.8, 4) is 5.75 Å². The van der Waals surface area contributed by atoms with E-state index in [2.05, 4.69) is 70.2 Å². The Labute approximate surface area is 198 Å². The summed E-state index contributed by atoms with van der Waals surface area (Å²) in [6.45, 7) is 7.95. The monoisotopic (exact) mass is 447 g/mol. The van der Waals surface area contributed by atoms with Crippen LogP contribution in [0.1, 0.15) is 43.2 Å². The number of fused-ring (bicyclic) bond motifs is 1. The third-order valence-corrected chi connectivity index (χ3v) is 8.15. The van der Waals surface area contributed by atoms with Gasteiger partial charge in [0.05, 0.1) is 13.2 Å². The first-order valence-corrected chi connectivity index (χ1v) is 12.6. The van der Waals surface area contributed by atoms with Crippen LogP contribution in [-0.4, -0.2) is 72.5 Å². The SMILES string of the molecule is COc1cccc([C@H]2CN(Cc3ccccc3)[C@@H]3CCN(C(=O)C(C)N4CCCC4)C[C@H]23)c1. The average molecular weight is 448 g/mol. The Morgan fingerprint density at radius 2 is 1.82 bits per heavy atom. The van der Waals surface area contributed by atoms with E-state index >= 15 is 0 Å².